The number of hydrogen-bond donors (Lipinski definition) is 0. The van der Waals surface area contributed by atoms with Gasteiger partial charge in [-0.1, -0.05) is 12.1 Å². The summed E-state index contributed by atoms with van der Waals surface area (Å²) in [5.74, 6) is 2.45. The lowest BCUT2D eigenvalue weighted by molar-refractivity contribution is 0.544. The first-order valence-corrected chi connectivity index (χ1v) is 8.07. The van der Waals surface area contributed by atoms with E-state index < -0.39 is 0 Å². The maximum absolute atomic E-state index is 4.74. The van der Waals surface area contributed by atoms with Crippen molar-refractivity contribution in [2.24, 2.45) is 4.99 Å². The van der Waals surface area contributed by atoms with Crippen molar-refractivity contribution in [1.82, 2.24) is 24.7 Å². The van der Waals surface area contributed by atoms with E-state index in [1.54, 1.807) is 4.79 Å². The van der Waals surface area contributed by atoms with Crippen LogP contribution in [0.2, 0.25) is 0 Å². The number of anilines is 1. The van der Waals surface area contributed by atoms with Crippen molar-refractivity contribution < 1.29 is 0 Å². The summed E-state index contributed by atoms with van der Waals surface area (Å²) in [6.07, 6.45) is 8.12. The largest absolute Gasteiger partial charge is 0.283 e. The molecule has 6 rings (SSSR count). The minimum absolute atomic E-state index is 0.502. The number of rotatable bonds is 2. The number of para-hydroxylation sites is 1. The number of hydrazine groups is 1. The molecule has 0 saturated heterocycles. The highest BCUT2D eigenvalue weighted by atomic mass is 15.9. The van der Waals surface area contributed by atoms with Gasteiger partial charge in [0.1, 0.15) is 6.33 Å². The zero-order valence-electron chi connectivity index (χ0n) is 12.8. The van der Waals surface area contributed by atoms with Crippen molar-refractivity contribution in [1.29, 1.82) is 0 Å². The molecule has 0 N–H and O–H groups in total. The number of imidazole rings is 1. The van der Waals surface area contributed by atoms with Crippen molar-refractivity contribution in [3.8, 4) is 5.69 Å². The van der Waals surface area contributed by atoms with Crippen LogP contribution in [-0.4, -0.2) is 37.2 Å². The maximum atomic E-state index is 4.74. The van der Waals surface area contributed by atoms with Crippen molar-refractivity contribution in [3.05, 3.63) is 54.2 Å². The van der Waals surface area contributed by atoms with Crippen LogP contribution in [0.4, 0.5) is 5.82 Å². The van der Waals surface area contributed by atoms with Gasteiger partial charge >= 0.3 is 0 Å². The Morgan fingerprint density at radius 2 is 2.04 bits per heavy atom. The zero-order valence-corrected chi connectivity index (χ0v) is 12.8. The second-order valence-electron chi connectivity index (χ2n) is 6.28. The summed E-state index contributed by atoms with van der Waals surface area (Å²) >= 11 is 0. The van der Waals surface area contributed by atoms with Crippen LogP contribution in [0.1, 0.15) is 30.0 Å². The first kappa shape index (κ1) is 12.3. The van der Waals surface area contributed by atoms with Crippen LogP contribution in [0.3, 0.4) is 0 Å². The molecule has 1 aliphatic carbocycles. The lowest BCUT2D eigenvalue weighted by Gasteiger charge is -2.34. The van der Waals surface area contributed by atoms with Crippen molar-refractivity contribution >= 4 is 11.7 Å². The van der Waals surface area contributed by atoms with Crippen LogP contribution < -0.4 is 10.1 Å². The quantitative estimate of drug-likeness (QED) is 0.715. The SMILES string of the molecule is c1ccc2c(c1)C1=NCN(n3cc(C4CC4)nn3)N1c1cncn1-2. The fraction of sp³-hybridized carbons (Fsp3) is 0.250. The first-order chi connectivity index (χ1) is 11.9. The van der Waals surface area contributed by atoms with Crippen LogP contribution in [0.25, 0.3) is 5.69 Å². The molecule has 1 aromatic carbocycles. The summed E-state index contributed by atoms with van der Waals surface area (Å²) in [5.41, 5.74) is 3.25. The molecule has 8 nitrogen and oxygen atoms in total. The van der Waals surface area contributed by atoms with E-state index in [-0.39, 0.29) is 0 Å². The molecule has 3 aliphatic rings. The zero-order chi connectivity index (χ0) is 15.7. The summed E-state index contributed by atoms with van der Waals surface area (Å²) in [7, 11) is 0. The van der Waals surface area contributed by atoms with Crippen LogP contribution >= 0.6 is 0 Å². The molecule has 118 valence electrons. The third kappa shape index (κ3) is 1.52. The summed E-state index contributed by atoms with van der Waals surface area (Å²) in [6.45, 7) is 0.502. The van der Waals surface area contributed by atoms with E-state index in [9.17, 15) is 0 Å². The molecule has 0 spiro atoms. The lowest BCUT2D eigenvalue weighted by atomic mass is 10.1. The molecule has 1 fully saturated rings. The van der Waals surface area contributed by atoms with Gasteiger partial charge in [0.15, 0.2) is 18.3 Å². The molecule has 24 heavy (non-hydrogen) atoms. The fourth-order valence-electron chi connectivity index (χ4n) is 3.40. The minimum atomic E-state index is 0.502. The lowest BCUT2D eigenvalue weighted by Crippen LogP contribution is -2.51. The third-order valence-electron chi connectivity index (χ3n) is 4.75. The average Bonchev–Trinajstić information content (AvgIpc) is 3.05. The standard InChI is InChI=1S/C16H14N8/c1-2-4-14-12(3-1)16-18-10-23(24(16)15-7-17-9-21(14)15)22-8-13(19-20-22)11-5-6-11/h1-4,7-9,11H,5-6,10H2. The molecule has 4 heterocycles. The Balaban J connectivity index is 1.48. The van der Waals surface area contributed by atoms with E-state index >= 15 is 0 Å². The highest BCUT2D eigenvalue weighted by Crippen LogP contribution is 2.39. The van der Waals surface area contributed by atoms with Gasteiger partial charge < -0.3 is 0 Å². The Morgan fingerprint density at radius 1 is 1.12 bits per heavy atom. The normalized spacial score (nSPS) is 18.2. The summed E-state index contributed by atoms with van der Waals surface area (Å²) in [4.78, 5) is 10.9. The minimum Gasteiger partial charge on any atom is -0.283 e. The number of benzene rings is 1. The van der Waals surface area contributed by atoms with Crippen LogP contribution in [0.15, 0.2) is 48.0 Å². The van der Waals surface area contributed by atoms with E-state index in [0.29, 0.717) is 12.6 Å². The van der Waals surface area contributed by atoms with Crippen molar-refractivity contribution in [2.75, 3.05) is 16.8 Å². The highest BCUT2D eigenvalue weighted by Gasteiger charge is 2.37. The number of aromatic nitrogens is 5. The second kappa shape index (κ2) is 4.22. The van der Waals surface area contributed by atoms with Crippen LogP contribution in [0.5, 0.6) is 0 Å². The number of fused-ring (bicyclic) bond motifs is 6. The van der Waals surface area contributed by atoms with Crippen molar-refractivity contribution in [2.45, 2.75) is 18.8 Å². The highest BCUT2D eigenvalue weighted by molar-refractivity contribution is 6.15. The summed E-state index contributed by atoms with van der Waals surface area (Å²) in [5, 5.41) is 12.7. The Bertz CT molecular complexity index is 979. The molecule has 0 bridgehead atoms. The van der Waals surface area contributed by atoms with Gasteiger partial charge in [-0.15, -0.1) is 9.89 Å². The fourth-order valence-corrected chi connectivity index (χ4v) is 3.40. The van der Waals surface area contributed by atoms with Crippen LogP contribution in [-0.2, 0) is 0 Å². The molecule has 0 atom stereocenters. The van der Waals surface area contributed by atoms with E-state index in [2.05, 4.69) is 37.0 Å². The molecular formula is C16H14N8. The maximum Gasteiger partial charge on any atom is 0.162 e. The van der Waals surface area contributed by atoms with E-state index in [4.69, 9.17) is 4.99 Å². The Hall–Kier alpha value is -3.16. The Kier molecular flexibility index (Phi) is 2.16. The molecule has 2 aliphatic heterocycles. The predicted octanol–water partition coefficient (Wildman–Crippen LogP) is 1.43. The van der Waals surface area contributed by atoms with Gasteiger partial charge in [0, 0.05) is 11.5 Å². The number of nitrogens with zero attached hydrogens (tertiary/aromatic N) is 8. The van der Waals surface area contributed by atoms with E-state index in [1.807, 2.05) is 36.0 Å². The van der Waals surface area contributed by atoms with Gasteiger partial charge in [-0.05, 0) is 30.2 Å². The predicted molar refractivity (Wildman–Crippen MR) is 87.7 cm³/mol. The third-order valence-corrected chi connectivity index (χ3v) is 4.75. The molecule has 0 unspecified atom stereocenters. The molecule has 1 saturated carbocycles. The molecule has 0 radical (unpaired) electrons. The van der Waals surface area contributed by atoms with E-state index in [1.165, 1.54) is 12.8 Å². The molecule has 3 aromatic rings. The topological polar surface area (TPSA) is 67.4 Å². The number of hydrogen-bond acceptors (Lipinski definition) is 6. The second-order valence-corrected chi connectivity index (χ2v) is 6.28. The monoisotopic (exact) mass is 318 g/mol. The molecule has 0 amide bonds. The van der Waals surface area contributed by atoms with Gasteiger partial charge in [0.25, 0.3) is 0 Å². The number of amidine groups is 1. The van der Waals surface area contributed by atoms with Crippen LogP contribution in [0, 0.1) is 0 Å². The summed E-state index contributed by atoms with van der Waals surface area (Å²) in [6, 6.07) is 8.24. The smallest absolute Gasteiger partial charge is 0.162 e. The van der Waals surface area contributed by atoms with E-state index in [0.717, 1.165) is 28.6 Å². The number of aliphatic imine (C=N–C) groups is 1. The van der Waals surface area contributed by atoms with Gasteiger partial charge in [-0.3, -0.25) is 4.57 Å². The molecule has 2 aromatic heterocycles. The molecule has 8 heteroatoms. The van der Waals surface area contributed by atoms with Gasteiger partial charge in [-0.25, -0.2) is 9.98 Å². The average molecular weight is 318 g/mol. The van der Waals surface area contributed by atoms with Gasteiger partial charge in [0.05, 0.1) is 23.8 Å². The Morgan fingerprint density at radius 3 is 2.96 bits per heavy atom. The summed E-state index contributed by atoms with van der Waals surface area (Å²) < 4.78 is 2.07. The van der Waals surface area contributed by atoms with Gasteiger partial charge in [-0.2, -0.15) is 10.1 Å². The first-order valence-electron chi connectivity index (χ1n) is 8.07. The molecular weight excluding hydrogens is 304 g/mol. The van der Waals surface area contributed by atoms with Gasteiger partial charge in [0.2, 0.25) is 0 Å². The Labute approximate surface area is 137 Å². The van der Waals surface area contributed by atoms with Crippen molar-refractivity contribution in [3.63, 3.8) is 0 Å².